The molecule has 1 aromatic rings. The van der Waals surface area contributed by atoms with Gasteiger partial charge in [-0.3, -0.25) is 10.1 Å². The molecule has 1 aliphatic rings. The Hall–Kier alpha value is -2.70. The van der Waals surface area contributed by atoms with Gasteiger partial charge in [0.05, 0.1) is 16.2 Å². The lowest BCUT2D eigenvalue weighted by molar-refractivity contribution is -0.384. The van der Waals surface area contributed by atoms with E-state index in [1.54, 1.807) is 25.1 Å². The molecule has 0 saturated carbocycles. The third-order valence-corrected chi connectivity index (χ3v) is 3.49. The number of benzene rings is 1. The molecular formula is C15H17N3O4. The van der Waals surface area contributed by atoms with Crippen LogP contribution in [0.15, 0.2) is 28.9 Å². The van der Waals surface area contributed by atoms with Crippen molar-refractivity contribution in [2.45, 2.75) is 20.8 Å². The number of carbonyl (C=O) groups is 1. The van der Waals surface area contributed by atoms with E-state index >= 15 is 0 Å². The molecule has 0 radical (unpaired) electrons. The molecule has 0 aliphatic carbocycles. The first-order valence-corrected chi connectivity index (χ1v) is 6.99. The molecule has 2 rings (SSSR count). The van der Waals surface area contributed by atoms with Gasteiger partial charge in [0.1, 0.15) is 5.69 Å². The maximum Gasteiger partial charge on any atom is 0.367 e. The first kappa shape index (κ1) is 15.7. The van der Waals surface area contributed by atoms with Crippen LogP contribution in [-0.2, 0) is 9.63 Å². The van der Waals surface area contributed by atoms with Gasteiger partial charge in [0.25, 0.3) is 5.69 Å². The summed E-state index contributed by atoms with van der Waals surface area (Å²) in [7, 11) is 0. The zero-order valence-electron chi connectivity index (χ0n) is 12.7. The van der Waals surface area contributed by atoms with Crippen LogP contribution in [0.1, 0.15) is 26.3 Å². The van der Waals surface area contributed by atoms with Gasteiger partial charge in [-0.15, -0.1) is 0 Å². The van der Waals surface area contributed by atoms with E-state index in [-0.39, 0.29) is 5.69 Å². The highest BCUT2D eigenvalue weighted by Gasteiger charge is 2.23. The second-order valence-corrected chi connectivity index (χ2v) is 4.79. The summed E-state index contributed by atoms with van der Waals surface area (Å²) in [4.78, 5) is 28.9. The zero-order valence-corrected chi connectivity index (χ0v) is 12.7. The molecule has 0 unspecified atom stereocenters. The lowest BCUT2D eigenvalue weighted by Crippen LogP contribution is -2.22. The molecule has 0 N–H and O–H groups in total. The highest BCUT2D eigenvalue weighted by Crippen LogP contribution is 2.30. The van der Waals surface area contributed by atoms with Crippen LogP contribution in [0, 0.1) is 10.1 Å². The standard InChI is InChI=1S/C15H17N3O4/c1-4-17(5-2)13-7-6-11(9-14(13)18(20)21)8-12-10(3)16-22-15(12)19/h6-9H,4-5H2,1-3H3/b12-8-. The van der Waals surface area contributed by atoms with E-state index < -0.39 is 10.9 Å². The van der Waals surface area contributed by atoms with E-state index in [9.17, 15) is 14.9 Å². The number of oxime groups is 1. The predicted octanol–water partition coefficient (Wildman–Crippen LogP) is 2.76. The van der Waals surface area contributed by atoms with Crippen LogP contribution in [0.5, 0.6) is 0 Å². The summed E-state index contributed by atoms with van der Waals surface area (Å²) < 4.78 is 0. The van der Waals surface area contributed by atoms with Crippen LogP contribution < -0.4 is 4.90 Å². The second kappa shape index (κ2) is 6.38. The van der Waals surface area contributed by atoms with Crippen LogP contribution in [-0.4, -0.2) is 29.7 Å². The number of nitro benzene ring substituents is 1. The molecule has 0 amide bonds. The van der Waals surface area contributed by atoms with Gasteiger partial charge in [-0.05, 0) is 38.5 Å². The predicted molar refractivity (Wildman–Crippen MR) is 83.8 cm³/mol. The Labute approximate surface area is 128 Å². The molecule has 1 heterocycles. The number of hydrogen-bond donors (Lipinski definition) is 0. The lowest BCUT2D eigenvalue weighted by atomic mass is 10.1. The molecule has 1 aliphatic heterocycles. The highest BCUT2D eigenvalue weighted by atomic mass is 16.7. The quantitative estimate of drug-likeness (QED) is 0.361. The van der Waals surface area contributed by atoms with Crippen molar-refractivity contribution in [1.29, 1.82) is 0 Å². The van der Waals surface area contributed by atoms with Gasteiger partial charge in [-0.2, -0.15) is 0 Å². The minimum atomic E-state index is -0.548. The van der Waals surface area contributed by atoms with Gasteiger partial charge < -0.3 is 9.74 Å². The van der Waals surface area contributed by atoms with E-state index in [1.165, 1.54) is 6.07 Å². The summed E-state index contributed by atoms with van der Waals surface area (Å²) in [5.41, 5.74) is 1.91. The third kappa shape index (κ3) is 2.98. The van der Waals surface area contributed by atoms with E-state index in [2.05, 4.69) is 9.99 Å². The Morgan fingerprint density at radius 1 is 1.36 bits per heavy atom. The average molecular weight is 303 g/mol. The summed E-state index contributed by atoms with van der Waals surface area (Å²) in [5, 5.41) is 14.9. The van der Waals surface area contributed by atoms with Crippen LogP contribution in [0.2, 0.25) is 0 Å². The van der Waals surface area contributed by atoms with Crippen molar-refractivity contribution in [1.82, 2.24) is 0 Å². The highest BCUT2D eigenvalue weighted by molar-refractivity contribution is 6.24. The summed E-state index contributed by atoms with van der Waals surface area (Å²) in [6, 6.07) is 4.90. The lowest BCUT2D eigenvalue weighted by Gasteiger charge is -2.20. The number of nitro groups is 1. The first-order chi connectivity index (χ1) is 10.5. The Morgan fingerprint density at radius 3 is 2.55 bits per heavy atom. The molecule has 0 spiro atoms. The second-order valence-electron chi connectivity index (χ2n) is 4.79. The van der Waals surface area contributed by atoms with Gasteiger partial charge in [-0.1, -0.05) is 11.2 Å². The van der Waals surface area contributed by atoms with Crippen molar-refractivity contribution in [2.24, 2.45) is 5.16 Å². The average Bonchev–Trinajstić information content (AvgIpc) is 2.81. The fraction of sp³-hybridized carbons (Fsp3) is 0.333. The van der Waals surface area contributed by atoms with Crippen molar-refractivity contribution < 1.29 is 14.6 Å². The smallest absolute Gasteiger partial charge is 0.367 e. The Bertz CT molecular complexity index is 675. The van der Waals surface area contributed by atoms with Crippen LogP contribution in [0.3, 0.4) is 0 Å². The molecule has 116 valence electrons. The molecule has 1 aromatic carbocycles. The third-order valence-electron chi connectivity index (χ3n) is 3.49. The van der Waals surface area contributed by atoms with Gasteiger partial charge in [-0.25, -0.2) is 4.79 Å². The van der Waals surface area contributed by atoms with Crippen molar-refractivity contribution in [3.05, 3.63) is 39.4 Å². The molecule has 0 fully saturated rings. The van der Waals surface area contributed by atoms with E-state index in [4.69, 9.17) is 0 Å². The number of hydrogen-bond acceptors (Lipinski definition) is 6. The first-order valence-electron chi connectivity index (χ1n) is 6.99. The monoisotopic (exact) mass is 303 g/mol. The normalized spacial score (nSPS) is 15.7. The van der Waals surface area contributed by atoms with Crippen molar-refractivity contribution in [3.8, 4) is 0 Å². The molecule has 0 atom stereocenters. The van der Waals surface area contributed by atoms with Gasteiger partial charge in [0.2, 0.25) is 0 Å². The maximum atomic E-state index is 11.5. The summed E-state index contributed by atoms with van der Waals surface area (Å²) in [6.07, 6.45) is 1.55. The van der Waals surface area contributed by atoms with E-state index in [0.717, 1.165) is 0 Å². The fourth-order valence-corrected chi connectivity index (χ4v) is 2.29. The molecule has 22 heavy (non-hydrogen) atoms. The molecule has 0 aromatic heterocycles. The fourth-order valence-electron chi connectivity index (χ4n) is 2.29. The number of anilines is 1. The molecule has 0 saturated heterocycles. The summed E-state index contributed by atoms with van der Waals surface area (Å²) in [6.45, 7) is 6.89. The van der Waals surface area contributed by atoms with Crippen LogP contribution in [0.25, 0.3) is 6.08 Å². The number of nitrogens with zero attached hydrogens (tertiary/aromatic N) is 3. The molecule has 0 bridgehead atoms. The minimum Gasteiger partial charge on any atom is -0.367 e. The Balaban J connectivity index is 2.46. The summed E-state index contributed by atoms with van der Waals surface area (Å²) in [5.74, 6) is -0.548. The van der Waals surface area contributed by atoms with Gasteiger partial charge >= 0.3 is 5.97 Å². The van der Waals surface area contributed by atoms with Crippen molar-refractivity contribution in [3.63, 3.8) is 0 Å². The van der Waals surface area contributed by atoms with Crippen molar-refractivity contribution >= 4 is 29.1 Å². The maximum absolute atomic E-state index is 11.5. The Kier molecular flexibility index (Phi) is 4.55. The number of carbonyl (C=O) groups excluding carboxylic acids is 1. The molecule has 7 nitrogen and oxygen atoms in total. The molecule has 7 heteroatoms. The van der Waals surface area contributed by atoms with Gasteiger partial charge in [0.15, 0.2) is 0 Å². The SMILES string of the molecule is CCN(CC)c1ccc(/C=C2\C(=O)ON=C2C)cc1[N+](=O)[O-]. The largest absolute Gasteiger partial charge is 0.367 e. The summed E-state index contributed by atoms with van der Waals surface area (Å²) >= 11 is 0. The van der Waals surface area contributed by atoms with Crippen molar-refractivity contribution in [2.75, 3.05) is 18.0 Å². The van der Waals surface area contributed by atoms with Gasteiger partial charge in [0, 0.05) is 19.2 Å². The van der Waals surface area contributed by atoms with E-state index in [0.29, 0.717) is 35.6 Å². The topological polar surface area (TPSA) is 85.0 Å². The number of rotatable bonds is 5. The Morgan fingerprint density at radius 2 is 2.05 bits per heavy atom. The zero-order chi connectivity index (χ0) is 16.3. The minimum absolute atomic E-state index is 0.0130. The van der Waals surface area contributed by atoms with Crippen LogP contribution in [0.4, 0.5) is 11.4 Å². The van der Waals surface area contributed by atoms with Crippen LogP contribution >= 0.6 is 0 Å². The van der Waals surface area contributed by atoms with E-state index in [1.807, 2.05) is 18.7 Å². The molecular weight excluding hydrogens is 286 g/mol.